The first kappa shape index (κ1) is 13.0. The first-order valence-corrected chi connectivity index (χ1v) is 5.76. The lowest BCUT2D eigenvalue weighted by Crippen LogP contribution is -2.18. The molecule has 96 valence electrons. The summed E-state index contributed by atoms with van der Waals surface area (Å²) in [6.45, 7) is 0.471. The Morgan fingerprint density at radius 2 is 1.79 bits per heavy atom. The van der Waals surface area contributed by atoms with Crippen LogP contribution in [0.2, 0.25) is 0 Å². The zero-order chi connectivity index (χ0) is 13.8. The van der Waals surface area contributed by atoms with E-state index in [0.29, 0.717) is 12.2 Å². The van der Waals surface area contributed by atoms with E-state index in [4.69, 9.17) is 5.26 Å². The Morgan fingerprint density at radius 3 is 2.42 bits per heavy atom. The van der Waals surface area contributed by atoms with Crippen LogP contribution in [0.3, 0.4) is 0 Å². The van der Waals surface area contributed by atoms with E-state index in [9.17, 15) is 8.78 Å². The molecule has 0 amide bonds. The van der Waals surface area contributed by atoms with Crippen molar-refractivity contribution in [3.05, 3.63) is 65.2 Å². The molecular weight excluding hydrogens is 246 g/mol. The topological polar surface area (TPSA) is 27.0 Å². The van der Waals surface area contributed by atoms with Crippen LogP contribution in [0.5, 0.6) is 0 Å². The maximum atomic E-state index is 13.5. The second-order valence-electron chi connectivity index (χ2n) is 4.23. The molecule has 0 atom stereocenters. The van der Waals surface area contributed by atoms with Crippen molar-refractivity contribution >= 4 is 5.69 Å². The molecule has 4 heteroatoms. The van der Waals surface area contributed by atoms with Crippen molar-refractivity contribution in [1.29, 1.82) is 5.26 Å². The van der Waals surface area contributed by atoms with Gasteiger partial charge in [-0.15, -0.1) is 0 Å². The molecular formula is C15H12F2N2. The number of hydrogen-bond donors (Lipinski definition) is 0. The Morgan fingerprint density at radius 1 is 1.11 bits per heavy atom. The third-order valence-corrected chi connectivity index (χ3v) is 2.85. The quantitative estimate of drug-likeness (QED) is 0.842. The first-order valence-electron chi connectivity index (χ1n) is 5.76. The minimum absolute atomic E-state index is 0.0205. The van der Waals surface area contributed by atoms with Gasteiger partial charge in [0.2, 0.25) is 0 Å². The second-order valence-corrected chi connectivity index (χ2v) is 4.23. The largest absolute Gasteiger partial charge is 0.369 e. The monoisotopic (exact) mass is 258 g/mol. The van der Waals surface area contributed by atoms with Gasteiger partial charge in [-0.05, 0) is 29.8 Å². The summed E-state index contributed by atoms with van der Waals surface area (Å²) in [7, 11) is 1.76. The summed E-state index contributed by atoms with van der Waals surface area (Å²) >= 11 is 0. The summed E-state index contributed by atoms with van der Waals surface area (Å²) < 4.78 is 26.3. The van der Waals surface area contributed by atoms with E-state index in [2.05, 4.69) is 0 Å². The van der Waals surface area contributed by atoms with Crippen molar-refractivity contribution in [3.8, 4) is 6.07 Å². The Hall–Kier alpha value is -2.41. The van der Waals surface area contributed by atoms with Gasteiger partial charge >= 0.3 is 0 Å². The van der Waals surface area contributed by atoms with Crippen LogP contribution in [-0.4, -0.2) is 7.05 Å². The van der Waals surface area contributed by atoms with Crippen LogP contribution < -0.4 is 4.90 Å². The Labute approximate surface area is 110 Å². The molecule has 0 aliphatic rings. The molecule has 0 N–H and O–H groups in total. The molecule has 2 aromatic rings. The highest BCUT2D eigenvalue weighted by atomic mass is 19.1. The van der Waals surface area contributed by atoms with E-state index in [0.717, 1.165) is 5.56 Å². The van der Waals surface area contributed by atoms with Gasteiger partial charge < -0.3 is 4.90 Å². The lowest BCUT2D eigenvalue weighted by atomic mass is 10.1. The molecule has 0 saturated carbocycles. The molecule has 0 bridgehead atoms. The van der Waals surface area contributed by atoms with Crippen LogP contribution in [0.15, 0.2) is 42.5 Å². The Balaban J connectivity index is 2.25. The SMILES string of the molecule is CN(Cc1ccc(F)cc1)c1cccc(F)c1C#N. The minimum atomic E-state index is -0.536. The average Bonchev–Trinajstić information content (AvgIpc) is 2.41. The van der Waals surface area contributed by atoms with Gasteiger partial charge in [0.25, 0.3) is 0 Å². The van der Waals surface area contributed by atoms with Gasteiger partial charge in [-0.2, -0.15) is 5.26 Å². The predicted octanol–water partition coefficient (Wildman–Crippen LogP) is 3.47. The summed E-state index contributed by atoms with van der Waals surface area (Å²) in [5.74, 6) is -0.833. The fourth-order valence-electron chi connectivity index (χ4n) is 1.89. The van der Waals surface area contributed by atoms with Gasteiger partial charge in [0.05, 0.1) is 5.69 Å². The van der Waals surface area contributed by atoms with Crippen molar-refractivity contribution in [1.82, 2.24) is 0 Å². The zero-order valence-electron chi connectivity index (χ0n) is 10.4. The molecule has 0 spiro atoms. The number of halogens is 2. The molecule has 0 fully saturated rings. The van der Waals surface area contributed by atoms with E-state index in [1.807, 2.05) is 6.07 Å². The van der Waals surface area contributed by atoms with Gasteiger partial charge in [-0.3, -0.25) is 0 Å². The smallest absolute Gasteiger partial charge is 0.143 e. The highest BCUT2D eigenvalue weighted by Crippen LogP contribution is 2.22. The second kappa shape index (κ2) is 5.49. The predicted molar refractivity (Wildman–Crippen MR) is 69.6 cm³/mol. The molecule has 2 nitrogen and oxygen atoms in total. The summed E-state index contributed by atoms with van der Waals surface area (Å²) in [6.07, 6.45) is 0. The van der Waals surface area contributed by atoms with Crippen molar-refractivity contribution in [2.45, 2.75) is 6.54 Å². The fourth-order valence-corrected chi connectivity index (χ4v) is 1.89. The molecule has 0 aromatic heterocycles. The molecule has 0 aliphatic carbocycles. The molecule has 0 saturated heterocycles. The highest BCUT2D eigenvalue weighted by molar-refractivity contribution is 5.59. The lowest BCUT2D eigenvalue weighted by molar-refractivity contribution is 0.623. The van der Waals surface area contributed by atoms with Crippen LogP contribution in [0.1, 0.15) is 11.1 Å². The summed E-state index contributed by atoms with van der Waals surface area (Å²) in [5.41, 5.74) is 1.43. The van der Waals surface area contributed by atoms with Crippen LogP contribution >= 0.6 is 0 Å². The number of nitrogens with zero attached hydrogens (tertiary/aromatic N) is 2. The van der Waals surface area contributed by atoms with Gasteiger partial charge in [-0.1, -0.05) is 18.2 Å². The van der Waals surface area contributed by atoms with Crippen molar-refractivity contribution in [3.63, 3.8) is 0 Å². The molecule has 19 heavy (non-hydrogen) atoms. The standard InChI is InChI=1S/C15H12F2N2/c1-19(10-11-5-7-12(16)8-6-11)15-4-2-3-14(17)13(15)9-18/h2-8H,10H2,1H3. The number of nitriles is 1. The molecule has 0 radical (unpaired) electrons. The minimum Gasteiger partial charge on any atom is -0.369 e. The summed E-state index contributed by atoms with van der Waals surface area (Å²) in [6, 6.07) is 12.4. The molecule has 0 aliphatic heterocycles. The number of hydrogen-bond acceptors (Lipinski definition) is 2. The lowest BCUT2D eigenvalue weighted by Gasteiger charge is -2.20. The third-order valence-electron chi connectivity index (χ3n) is 2.85. The Kier molecular flexibility index (Phi) is 3.76. The van der Waals surface area contributed by atoms with Gasteiger partial charge in [-0.25, -0.2) is 8.78 Å². The van der Waals surface area contributed by atoms with Crippen molar-refractivity contribution in [2.75, 3.05) is 11.9 Å². The van der Waals surface area contributed by atoms with E-state index < -0.39 is 5.82 Å². The maximum Gasteiger partial charge on any atom is 0.143 e. The normalized spacial score (nSPS) is 10.0. The average molecular weight is 258 g/mol. The molecule has 2 rings (SSSR count). The van der Waals surface area contributed by atoms with Gasteiger partial charge in [0, 0.05) is 13.6 Å². The van der Waals surface area contributed by atoms with Crippen LogP contribution in [0.4, 0.5) is 14.5 Å². The summed E-state index contributed by atoms with van der Waals surface area (Å²) in [5, 5.41) is 8.98. The highest BCUT2D eigenvalue weighted by Gasteiger charge is 2.11. The number of rotatable bonds is 3. The number of benzene rings is 2. The van der Waals surface area contributed by atoms with E-state index in [-0.39, 0.29) is 11.4 Å². The van der Waals surface area contributed by atoms with Crippen LogP contribution in [0, 0.1) is 23.0 Å². The molecule has 0 unspecified atom stereocenters. The van der Waals surface area contributed by atoms with Gasteiger partial charge in [0.15, 0.2) is 0 Å². The zero-order valence-corrected chi connectivity index (χ0v) is 10.4. The van der Waals surface area contributed by atoms with Crippen LogP contribution in [-0.2, 0) is 6.54 Å². The van der Waals surface area contributed by atoms with Crippen LogP contribution in [0.25, 0.3) is 0 Å². The van der Waals surface area contributed by atoms with Gasteiger partial charge in [0.1, 0.15) is 23.3 Å². The maximum absolute atomic E-state index is 13.5. The van der Waals surface area contributed by atoms with Crippen molar-refractivity contribution in [2.24, 2.45) is 0 Å². The number of anilines is 1. The molecule has 0 heterocycles. The summed E-state index contributed by atoms with van der Waals surface area (Å²) in [4.78, 5) is 1.76. The van der Waals surface area contributed by atoms with E-state index in [1.165, 1.54) is 18.2 Å². The Bertz CT molecular complexity index is 615. The van der Waals surface area contributed by atoms with E-state index in [1.54, 1.807) is 36.2 Å². The third kappa shape index (κ3) is 2.89. The first-order chi connectivity index (χ1) is 9.11. The van der Waals surface area contributed by atoms with E-state index >= 15 is 0 Å². The fraction of sp³-hybridized carbons (Fsp3) is 0.133. The molecule has 2 aromatic carbocycles. The van der Waals surface area contributed by atoms with Crippen molar-refractivity contribution < 1.29 is 8.78 Å².